The van der Waals surface area contributed by atoms with Crippen molar-refractivity contribution in [1.29, 1.82) is 0 Å². The maximum absolute atomic E-state index is 6.21. The molecule has 0 bridgehead atoms. The van der Waals surface area contributed by atoms with Crippen LogP contribution >= 0.6 is 15.9 Å². The third-order valence-electron chi connectivity index (χ3n) is 3.21. The molecule has 2 N–H and O–H groups in total. The summed E-state index contributed by atoms with van der Waals surface area (Å²) in [5, 5.41) is 4.34. The molecule has 0 spiro atoms. The molecule has 0 unspecified atom stereocenters. The first-order valence-electron chi connectivity index (χ1n) is 5.91. The van der Waals surface area contributed by atoms with Crippen LogP contribution in [0.1, 0.15) is 11.3 Å². The van der Waals surface area contributed by atoms with E-state index in [1.165, 1.54) is 0 Å². The largest absolute Gasteiger partial charge is 0.383 e. The monoisotopic (exact) mass is 319 g/mol. The zero-order valence-corrected chi connectivity index (χ0v) is 12.6. The van der Waals surface area contributed by atoms with Crippen molar-refractivity contribution in [3.8, 4) is 11.3 Å². The van der Waals surface area contributed by atoms with Crippen LogP contribution in [-0.4, -0.2) is 19.2 Å². The predicted octanol–water partition coefficient (Wildman–Crippen LogP) is 2.70. The fourth-order valence-electron chi connectivity index (χ4n) is 2.21. The first-order valence-corrected chi connectivity index (χ1v) is 6.71. The molecule has 0 saturated heterocycles. The lowest BCUT2D eigenvalue weighted by Gasteiger charge is -2.01. The van der Waals surface area contributed by atoms with E-state index in [9.17, 15) is 0 Å². The van der Waals surface area contributed by atoms with Crippen molar-refractivity contribution >= 4 is 27.4 Å². The molecular weight excluding hydrogens is 306 g/mol. The lowest BCUT2D eigenvalue weighted by molar-refractivity contribution is 0.756. The van der Waals surface area contributed by atoms with E-state index in [4.69, 9.17) is 5.73 Å². The minimum atomic E-state index is 0.631. The number of rotatable bonds is 1. The van der Waals surface area contributed by atoms with Crippen molar-refractivity contribution < 1.29 is 0 Å². The molecule has 3 rings (SSSR count). The first-order chi connectivity index (χ1) is 8.97. The lowest BCUT2D eigenvalue weighted by Crippen LogP contribution is -1.95. The molecule has 98 valence electrons. The summed E-state index contributed by atoms with van der Waals surface area (Å²) in [4.78, 5) is 4.62. The highest BCUT2D eigenvalue weighted by atomic mass is 79.9. The SMILES string of the molecule is Cc1cc2nc(-c3cn(C)nc3C)c(N)n2cc1Br. The van der Waals surface area contributed by atoms with Crippen LogP contribution in [-0.2, 0) is 7.05 Å². The average molecular weight is 320 g/mol. The van der Waals surface area contributed by atoms with Crippen molar-refractivity contribution in [2.75, 3.05) is 5.73 Å². The fourth-order valence-corrected chi connectivity index (χ4v) is 2.53. The molecule has 3 aromatic rings. The number of aromatic nitrogens is 4. The minimum absolute atomic E-state index is 0.631. The van der Waals surface area contributed by atoms with E-state index >= 15 is 0 Å². The Morgan fingerprint density at radius 1 is 1.26 bits per heavy atom. The number of pyridine rings is 1. The Morgan fingerprint density at radius 2 is 2.00 bits per heavy atom. The number of nitrogen functional groups attached to an aromatic ring is 1. The zero-order chi connectivity index (χ0) is 13.7. The second-order valence-electron chi connectivity index (χ2n) is 4.68. The highest BCUT2D eigenvalue weighted by Gasteiger charge is 2.16. The molecular formula is C13H14BrN5. The Bertz CT molecular complexity index is 784. The molecule has 5 nitrogen and oxygen atoms in total. The van der Waals surface area contributed by atoms with Gasteiger partial charge in [-0.2, -0.15) is 5.10 Å². The molecule has 3 heterocycles. The standard InChI is InChI=1S/C13H14BrN5/c1-7-4-11-16-12(9-5-18(3)17-8(9)2)13(15)19(11)6-10(7)14/h4-6H,15H2,1-3H3. The first kappa shape index (κ1) is 12.2. The number of anilines is 1. The van der Waals surface area contributed by atoms with E-state index in [0.717, 1.165) is 32.6 Å². The molecule has 0 aliphatic heterocycles. The Balaban J connectivity index is 2.31. The number of nitrogens with two attached hydrogens (primary N) is 1. The van der Waals surface area contributed by atoms with Gasteiger partial charge in [-0.25, -0.2) is 4.98 Å². The van der Waals surface area contributed by atoms with Gasteiger partial charge in [-0.05, 0) is 41.4 Å². The van der Waals surface area contributed by atoms with Crippen LogP contribution in [0.4, 0.5) is 5.82 Å². The van der Waals surface area contributed by atoms with E-state index < -0.39 is 0 Å². The van der Waals surface area contributed by atoms with Gasteiger partial charge in [-0.3, -0.25) is 9.08 Å². The van der Waals surface area contributed by atoms with Crippen molar-refractivity contribution in [2.24, 2.45) is 7.05 Å². The zero-order valence-electron chi connectivity index (χ0n) is 11.0. The summed E-state index contributed by atoms with van der Waals surface area (Å²) < 4.78 is 4.67. The number of hydrogen-bond acceptors (Lipinski definition) is 3. The van der Waals surface area contributed by atoms with Crippen molar-refractivity contribution in [3.05, 3.63) is 34.2 Å². The normalized spacial score (nSPS) is 11.4. The molecule has 0 amide bonds. The predicted molar refractivity (Wildman–Crippen MR) is 79.0 cm³/mol. The van der Waals surface area contributed by atoms with Gasteiger partial charge in [-0.15, -0.1) is 0 Å². The summed E-state index contributed by atoms with van der Waals surface area (Å²) in [7, 11) is 1.89. The van der Waals surface area contributed by atoms with E-state index in [0.29, 0.717) is 5.82 Å². The van der Waals surface area contributed by atoms with Crippen LogP contribution < -0.4 is 5.73 Å². The molecule has 0 fully saturated rings. The van der Waals surface area contributed by atoms with E-state index in [2.05, 4.69) is 26.0 Å². The van der Waals surface area contributed by atoms with Crippen LogP contribution in [0.2, 0.25) is 0 Å². The maximum atomic E-state index is 6.21. The third-order valence-corrected chi connectivity index (χ3v) is 4.04. The van der Waals surface area contributed by atoms with E-state index in [1.807, 2.05) is 43.8 Å². The van der Waals surface area contributed by atoms with Crippen LogP contribution in [0.3, 0.4) is 0 Å². The molecule has 0 aliphatic rings. The van der Waals surface area contributed by atoms with Crippen LogP contribution in [0.25, 0.3) is 16.9 Å². The second kappa shape index (κ2) is 4.09. The Labute approximate surface area is 119 Å². The summed E-state index contributed by atoms with van der Waals surface area (Å²) in [6.45, 7) is 3.99. The average Bonchev–Trinajstić information content (AvgIpc) is 2.82. The van der Waals surface area contributed by atoms with Crippen LogP contribution in [0, 0.1) is 13.8 Å². The summed E-state index contributed by atoms with van der Waals surface area (Å²) >= 11 is 3.51. The Morgan fingerprint density at radius 3 is 2.63 bits per heavy atom. The van der Waals surface area contributed by atoms with Gasteiger partial charge in [0.15, 0.2) is 0 Å². The number of nitrogens with zero attached hydrogens (tertiary/aromatic N) is 4. The molecule has 0 atom stereocenters. The van der Waals surface area contributed by atoms with Crippen molar-refractivity contribution in [1.82, 2.24) is 19.2 Å². The number of fused-ring (bicyclic) bond motifs is 1. The Kier molecular flexibility index (Phi) is 2.63. The number of hydrogen-bond donors (Lipinski definition) is 1. The maximum Gasteiger partial charge on any atom is 0.139 e. The smallest absolute Gasteiger partial charge is 0.139 e. The number of halogens is 1. The van der Waals surface area contributed by atoms with Gasteiger partial charge < -0.3 is 5.73 Å². The molecule has 0 saturated carbocycles. The quantitative estimate of drug-likeness (QED) is 0.750. The lowest BCUT2D eigenvalue weighted by atomic mass is 10.2. The van der Waals surface area contributed by atoms with Gasteiger partial charge in [0.1, 0.15) is 17.2 Å². The van der Waals surface area contributed by atoms with Gasteiger partial charge in [-0.1, -0.05) is 0 Å². The van der Waals surface area contributed by atoms with Crippen molar-refractivity contribution in [3.63, 3.8) is 0 Å². The molecule has 0 aromatic carbocycles. The topological polar surface area (TPSA) is 61.1 Å². The van der Waals surface area contributed by atoms with Crippen molar-refractivity contribution in [2.45, 2.75) is 13.8 Å². The number of aryl methyl sites for hydroxylation is 3. The molecule has 0 aliphatic carbocycles. The van der Waals surface area contributed by atoms with Crippen LogP contribution in [0.5, 0.6) is 0 Å². The fraction of sp³-hybridized carbons (Fsp3) is 0.231. The van der Waals surface area contributed by atoms with Gasteiger partial charge >= 0.3 is 0 Å². The third kappa shape index (κ3) is 1.83. The summed E-state index contributed by atoms with van der Waals surface area (Å²) in [5.41, 5.74) is 10.9. The molecule has 19 heavy (non-hydrogen) atoms. The molecule has 0 radical (unpaired) electrons. The second-order valence-corrected chi connectivity index (χ2v) is 5.53. The molecule has 3 aromatic heterocycles. The summed E-state index contributed by atoms with van der Waals surface area (Å²) in [6, 6.07) is 2.01. The van der Waals surface area contributed by atoms with Gasteiger partial charge in [0.25, 0.3) is 0 Å². The highest BCUT2D eigenvalue weighted by molar-refractivity contribution is 9.10. The van der Waals surface area contributed by atoms with Gasteiger partial charge in [0, 0.05) is 29.5 Å². The van der Waals surface area contributed by atoms with Gasteiger partial charge in [0.2, 0.25) is 0 Å². The van der Waals surface area contributed by atoms with Gasteiger partial charge in [0.05, 0.1) is 5.69 Å². The summed E-state index contributed by atoms with van der Waals surface area (Å²) in [6.07, 6.45) is 3.89. The number of imidazole rings is 1. The highest BCUT2D eigenvalue weighted by Crippen LogP contribution is 2.30. The minimum Gasteiger partial charge on any atom is -0.383 e. The Hall–Kier alpha value is -1.82. The summed E-state index contributed by atoms with van der Waals surface area (Å²) in [5.74, 6) is 0.631. The van der Waals surface area contributed by atoms with E-state index in [-0.39, 0.29) is 0 Å². The van der Waals surface area contributed by atoms with E-state index in [1.54, 1.807) is 4.68 Å². The molecule has 6 heteroatoms. The van der Waals surface area contributed by atoms with Crippen LogP contribution in [0.15, 0.2) is 22.9 Å².